The van der Waals surface area contributed by atoms with Crippen molar-refractivity contribution in [2.45, 2.75) is 0 Å². The van der Waals surface area contributed by atoms with Crippen molar-refractivity contribution in [1.82, 2.24) is 4.90 Å². The van der Waals surface area contributed by atoms with Gasteiger partial charge < -0.3 is 4.74 Å². The Bertz CT molecular complexity index is 337. The van der Waals surface area contributed by atoms with Gasteiger partial charge in [-0.3, -0.25) is 9.69 Å². The number of nitrogens with zero attached hydrogens (tertiary/aromatic N) is 1. The molecule has 1 aromatic carbocycles. The highest BCUT2D eigenvalue weighted by Gasteiger charge is 2.08. The van der Waals surface area contributed by atoms with Crippen LogP contribution in [0.4, 0.5) is 4.39 Å². The Morgan fingerprint density at radius 2 is 2.00 bits per heavy atom. The molecule has 0 saturated heterocycles. The zero-order chi connectivity index (χ0) is 12.0. The summed E-state index contributed by atoms with van der Waals surface area (Å²) in [6.45, 7) is 1.60. The molecule has 16 heavy (non-hydrogen) atoms. The molecule has 0 bridgehead atoms. The maximum atomic E-state index is 12.6. The van der Waals surface area contributed by atoms with Crippen molar-refractivity contribution in [3.05, 3.63) is 35.6 Å². The van der Waals surface area contributed by atoms with Crippen molar-refractivity contribution in [3.63, 3.8) is 0 Å². The molecule has 4 heteroatoms. The summed E-state index contributed by atoms with van der Waals surface area (Å²) >= 11 is 0. The fourth-order valence-electron chi connectivity index (χ4n) is 1.30. The molecule has 0 aliphatic carbocycles. The third-order valence-corrected chi connectivity index (χ3v) is 2.26. The van der Waals surface area contributed by atoms with Crippen LogP contribution in [0.2, 0.25) is 0 Å². The maximum absolute atomic E-state index is 12.6. The van der Waals surface area contributed by atoms with Gasteiger partial charge in [0.2, 0.25) is 0 Å². The van der Waals surface area contributed by atoms with E-state index >= 15 is 0 Å². The Hall–Kier alpha value is -1.26. The summed E-state index contributed by atoms with van der Waals surface area (Å²) in [6, 6.07) is 5.59. The molecule has 3 nitrogen and oxygen atoms in total. The Morgan fingerprint density at radius 1 is 1.38 bits per heavy atom. The fourth-order valence-corrected chi connectivity index (χ4v) is 1.30. The minimum atomic E-state index is -0.329. The Labute approximate surface area is 94.8 Å². The van der Waals surface area contributed by atoms with Crippen LogP contribution in [0.1, 0.15) is 10.4 Å². The molecule has 0 radical (unpaired) electrons. The summed E-state index contributed by atoms with van der Waals surface area (Å²) in [4.78, 5) is 13.6. The second-order valence-corrected chi connectivity index (χ2v) is 3.66. The monoisotopic (exact) mass is 225 g/mol. The first-order valence-corrected chi connectivity index (χ1v) is 5.09. The van der Waals surface area contributed by atoms with E-state index in [4.69, 9.17) is 4.74 Å². The van der Waals surface area contributed by atoms with Crippen LogP contribution >= 0.6 is 0 Å². The Balaban J connectivity index is 2.48. The van der Waals surface area contributed by atoms with Crippen molar-refractivity contribution < 1.29 is 13.9 Å². The first-order chi connectivity index (χ1) is 7.63. The number of ether oxygens (including phenoxy) is 1. The number of likely N-dealkylation sites (N-methyl/N-ethyl adjacent to an activating group) is 1. The number of Topliss-reactive ketones (excluding diaryl/α,β-unsaturated/α-hetero) is 1. The molecule has 0 heterocycles. The van der Waals surface area contributed by atoms with Gasteiger partial charge in [0, 0.05) is 19.2 Å². The summed E-state index contributed by atoms with van der Waals surface area (Å²) in [7, 11) is 3.47. The number of benzene rings is 1. The number of halogens is 1. The number of hydrogen-bond acceptors (Lipinski definition) is 3. The predicted molar refractivity (Wildman–Crippen MR) is 60.1 cm³/mol. The van der Waals surface area contributed by atoms with Crippen molar-refractivity contribution >= 4 is 5.78 Å². The second kappa shape index (κ2) is 6.35. The lowest BCUT2D eigenvalue weighted by Crippen LogP contribution is -2.29. The maximum Gasteiger partial charge on any atom is 0.176 e. The van der Waals surface area contributed by atoms with Gasteiger partial charge >= 0.3 is 0 Å². The van der Waals surface area contributed by atoms with Crippen molar-refractivity contribution in [2.24, 2.45) is 0 Å². The first-order valence-electron chi connectivity index (χ1n) is 5.09. The molecule has 0 saturated carbocycles. The molecular formula is C12H16FNO2. The number of carbonyl (C=O) groups is 1. The molecule has 1 aromatic rings. The lowest BCUT2D eigenvalue weighted by Gasteiger charge is -2.14. The number of methoxy groups -OCH3 is 1. The van der Waals surface area contributed by atoms with Gasteiger partial charge in [0.05, 0.1) is 13.2 Å². The summed E-state index contributed by atoms with van der Waals surface area (Å²) in [5.74, 6) is -0.345. The second-order valence-electron chi connectivity index (χ2n) is 3.66. The molecule has 0 amide bonds. The van der Waals surface area contributed by atoms with Crippen molar-refractivity contribution in [3.8, 4) is 0 Å². The summed E-state index contributed by atoms with van der Waals surface area (Å²) in [5, 5.41) is 0. The highest BCUT2D eigenvalue weighted by atomic mass is 19.1. The van der Waals surface area contributed by atoms with Gasteiger partial charge in [-0.2, -0.15) is 0 Å². The van der Waals surface area contributed by atoms with Crippen LogP contribution in [0, 0.1) is 5.82 Å². The topological polar surface area (TPSA) is 29.5 Å². The normalized spacial score (nSPS) is 10.8. The summed E-state index contributed by atoms with van der Waals surface area (Å²) in [6.07, 6.45) is 0. The molecule has 0 N–H and O–H groups in total. The van der Waals surface area contributed by atoms with Gasteiger partial charge in [0.15, 0.2) is 5.78 Å². The molecule has 0 unspecified atom stereocenters. The van der Waals surface area contributed by atoms with E-state index in [1.54, 1.807) is 7.11 Å². The largest absolute Gasteiger partial charge is 0.383 e. The highest BCUT2D eigenvalue weighted by molar-refractivity contribution is 5.97. The van der Waals surface area contributed by atoms with E-state index in [9.17, 15) is 9.18 Å². The van der Waals surface area contributed by atoms with Crippen LogP contribution in [0.15, 0.2) is 24.3 Å². The zero-order valence-corrected chi connectivity index (χ0v) is 9.57. The smallest absolute Gasteiger partial charge is 0.176 e. The Morgan fingerprint density at radius 3 is 2.56 bits per heavy atom. The van der Waals surface area contributed by atoms with Gasteiger partial charge in [0.25, 0.3) is 0 Å². The first kappa shape index (κ1) is 12.8. The van der Waals surface area contributed by atoms with E-state index in [0.29, 0.717) is 25.3 Å². The van der Waals surface area contributed by atoms with Crippen LogP contribution in [0.5, 0.6) is 0 Å². The third kappa shape index (κ3) is 4.08. The lowest BCUT2D eigenvalue weighted by atomic mass is 10.1. The standard InChI is InChI=1S/C12H16FNO2/c1-14(7-8-16-2)9-12(15)10-3-5-11(13)6-4-10/h3-6H,7-9H2,1-2H3. The minimum Gasteiger partial charge on any atom is -0.383 e. The Kier molecular flexibility index (Phi) is 5.08. The average Bonchev–Trinajstić information content (AvgIpc) is 2.27. The zero-order valence-electron chi connectivity index (χ0n) is 9.57. The molecule has 1 rings (SSSR count). The van der Waals surface area contributed by atoms with Crippen LogP contribution in [-0.4, -0.2) is 44.5 Å². The molecule has 88 valence electrons. The summed E-state index contributed by atoms with van der Waals surface area (Å²) < 4.78 is 17.6. The molecule has 0 aliphatic heterocycles. The van der Waals surface area contributed by atoms with Gasteiger partial charge in [-0.1, -0.05) is 0 Å². The van der Waals surface area contributed by atoms with E-state index in [-0.39, 0.29) is 11.6 Å². The quantitative estimate of drug-likeness (QED) is 0.688. The van der Waals surface area contributed by atoms with Gasteiger partial charge in [-0.05, 0) is 31.3 Å². The van der Waals surface area contributed by atoms with E-state index < -0.39 is 0 Å². The van der Waals surface area contributed by atoms with Gasteiger partial charge in [-0.25, -0.2) is 4.39 Å². The van der Waals surface area contributed by atoms with E-state index in [1.807, 2.05) is 11.9 Å². The molecule has 0 spiro atoms. The number of carbonyl (C=O) groups excluding carboxylic acids is 1. The van der Waals surface area contributed by atoms with E-state index in [2.05, 4.69) is 0 Å². The summed E-state index contributed by atoms with van der Waals surface area (Å²) in [5.41, 5.74) is 0.533. The number of hydrogen-bond donors (Lipinski definition) is 0. The molecular weight excluding hydrogens is 209 g/mol. The number of ketones is 1. The van der Waals surface area contributed by atoms with Crippen LogP contribution in [0.25, 0.3) is 0 Å². The predicted octanol–water partition coefficient (Wildman–Crippen LogP) is 1.59. The van der Waals surface area contributed by atoms with Gasteiger partial charge in [-0.15, -0.1) is 0 Å². The van der Waals surface area contributed by atoms with Crippen molar-refractivity contribution in [2.75, 3.05) is 33.9 Å². The van der Waals surface area contributed by atoms with Gasteiger partial charge in [0.1, 0.15) is 5.82 Å². The highest BCUT2D eigenvalue weighted by Crippen LogP contribution is 2.04. The fraction of sp³-hybridized carbons (Fsp3) is 0.417. The molecule has 0 aliphatic rings. The van der Waals surface area contributed by atoms with Crippen LogP contribution in [-0.2, 0) is 4.74 Å². The average molecular weight is 225 g/mol. The SMILES string of the molecule is COCCN(C)CC(=O)c1ccc(F)cc1. The molecule has 0 aromatic heterocycles. The minimum absolute atomic E-state index is 0.0152. The lowest BCUT2D eigenvalue weighted by molar-refractivity contribution is 0.0922. The van der Waals surface area contributed by atoms with Crippen LogP contribution < -0.4 is 0 Å². The van der Waals surface area contributed by atoms with E-state index in [1.165, 1.54) is 24.3 Å². The third-order valence-electron chi connectivity index (χ3n) is 2.26. The molecule has 0 fully saturated rings. The van der Waals surface area contributed by atoms with E-state index in [0.717, 1.165) is 0 Å². The molecule has 0 atom stereocenters. The number of rotatable bonds is 6. The van der Waals surface area contributed by atoms with Crippen LogP contribution in [0.3, 0.4) is 0 Å². The van der Waals surface area contributed by atoms with Crippen molar-refractivity contribution in [1.29, 1.82) is 0 Å².